The van der Waals surface area contributed by atoms with E-state index < -0.39 is 17.5 Å². The minimum Gasteiger partial charge on any atom is -0.495 e. The highest BCUT2D eigenvalue weighted by atomic mass is 127. The molecule has 4 rings (SSSR count). The summed E-state index contributed by atoms with van der Waals surface area (Å²) in [6.45, 7) is 3.52. The molecule has 1 saturated heterocycles. The molecule has 1 unspecified atom stereocenters. The Kier molecular flexibility index (Phi) is 7.09. The third-order valence-corrected chi connectivity index (χ3v) is 7.64. The van der Waals surface area contributed by atoms with Crippen molar-refractivity contribution < 1.29 is 23.4 Å². The predicted molar refractivity (Wildman–Crippen MR) is 135 cm³/mol. The molecular formula is C26H27FINO4. The largest absolute Gasteiger partial charge is 0.495 e. The van der Waals surface area contributed by atoms with Crippen molar-refractivity contribution in [2.45, 2.75) is 31.3 Å². The van der Waals surface area contributed by atoms with Crippen molar-refractivity contribution >= 4 is 39.3 Å². The zero-order valence-corrected chi connectivity index (χ0v) is 21.1. The van der Waals surface area contributed by atoms with Crippen molar-refractivity contribution in [1.82, 2.24) is 5.32 Å². The van der Waals surface area contributed by atoms with Crippen LogP contribution in [0.15, 0.2) is 48.5 Å². The van der Waals surface area contributed by atoms with Gasteiger partial charge in [-0.3, -0.25) is 0 Å². The average Bonchev–Trinajstić information content (AvgIpc) is 2.84. The molecule has 0 spiro atoms. The van der Waals surface area contributed by atoms with Gasteiger partial charge in [-0.1, -0.05) is 36.4 Å². The second-order valence-corrected chi connectivity index (χ2v) is 9.34. The molecule has 0 bridgehead atoms. The zero-order valence-electron chi connectivity index (χ0n) is 18.9. The Balaban J connectivity index is 1.76. The van der Waals surface area contributed by atoms with Crippen LogP contribution in [0.3, 0.4) is 0 Å². The van der Waals surface area contributed by atoms with Crippen LogP contribution in [0.2, 0.25) is 0 Å². The van der Waals surface area contributed by atoms with E-state index >= 15 is 0 Å². The molecule has 1 aliphatic heterocycles. The molecule has 0 radical (unpaired) electrons. The summed E-state index contributed by atoms with van der Waals surface area (Å²) in [5, 5.41) is 4.91. The normalized spacial score (nSPS) is 16.3. The number of benzene rings is 3. The fourth-order valence-corrected chi connectivity index (χ4v) is 5.86. The minimum atomic E-state index is -0.448. The van der Waals surface area contributed by atoms with Crippen molar-refractivity contribution in [2.75, 3.05) is 27.3 Å². The van der Waals surface area contributed by atoms with E-state index in [2.05, 4.69) is 27.9 Å². The lowest BCUT2D eigenvalue weighted by atomic mass is 9.69. The van der Waals surface area contributed by atoms with Gasteiger partial charge in [-0.05, 0) is 73.1 Å². The van der Waals surface area contributed by atoms with Crippen molar-refractivity contribution in [3.05, 3.63) is 69.0 Å². The third kappa shape index (κ3) is 4.28. The Morgan fingerprint density at radius 1 is 1.00 bits per heavy atom. The van der Waals surface area contributed by atoms with E-state index in [1.165, 1.54) is 12.1 Å². The van der Waals surface area contributed by atoms with E-state index in [1.807, 2.05) is 31.2 Å². The molecule has 1 atom stereocenters. The molecule has 1 aliphatic rings. The fraction of sp³-hybridized carbons (Fsp3) is 0.346. The molecule has 0 aromatic heterocycles. The Bertz CT molecular complexity index is 1160. The van der Waals surface area contributed by atoms with Gasteiger partial charge in [-0.15, -0.1) is 0 Å². The number of nitrogens with one attached hydrogen (secondary N) is 1. The molecule has 7 heteroatoms. The summed E-state index contributed by atoms with van der Waals surface area (Å²) in [7, 11) is 3.14. The first kappa shape index (κ1) is 23.8. The number of hydrogen-bond acceptors (Lipinski definition) is 5. The lowest BCUT2D eigenvalue weighted by Gasteiger charge is -2.42. The molecule has 174 valence electrons. The molecule has 33 heavy (non-hydrogen) atoms. The Hall–Kier alpha value is -2.39. The van der Waals surface area contributed by atoms with Gasteiger partial charge in [-0.25, -0.2) is 9.18 Å². The van der Waals surface area contributed by atoms with Crippen LogP contribution in [0.5, 0.6) is 11.5 Å². The van der Waals surface area contributed by atoms with Crippen LogP contribution in [-0.4, -0.2) is 39.4 Å². The van der Waals surface area contributed by atoms with E-state index in [0.29, 0.717) is 26.0 Å². The molecule has 0 amide bonds. The lowest BCUT2D eigenvalue weighted by Crippen LogP contribution is -2.48. The molecule has 5 nitrogen and oxygen atoms in total. The van der Waals surface area contributed by atoms with Gasteiger partial charge < -0.3 is 19.5 Å². The van der Waals surface area contributed by atoms with Gasteiger partial charge in [0.15, 0.2) is 5.75 Å². The highest BCUT2D eigenvalue weighted by Gasteiger charge is 2.42. The maximum absolute atomic E-state index is 13.6. The number of methoxy groups -OCH3 is 2. The fourth-order valence-electron chi connectivity index (χ4n) is 4.86. The van der Waals surface area contributed by atoms with Crippen LogP contribution < -0.4 is 14.8 Å². The van der Waals surface area contributed by atoms with E-state index in [9.17, 15) is 9.18 Å². The van der Waals surface area contributed by atoms with Gasteiger partial charge in [0.1, 0.15) is 23.2 Å². The standard InChI is InChI=1S/C26H27FINO4/c1-16(26(12-14-29-15-13-26)17-8-10-18(27)11-9-17)33-25(30)21-19-6-4-5-7-20(19)23(31-2)22(28)24(21)32-3/h4-11,16,29H,12-15H2,1-3H3. The smallest absolute Gasteiger partial charge is 0.342 e. The molecule has 3 aromatic carbocycles. The SMILES string of the molecule is COc1c(I)c(OC)c2ccccc2c1C(=O)OC(C)C1(c2ccc(F)cc2)CCNCC1. The first-order chi connectivity index (χ1) is 15.9. The van der Waals surface area contributed by atoms with Crippen LogP contribution in [0, 0.1) is 9.39 Å². The number of hydrogen-bond donors (Lipinski definition) is 1. The first-order valence-electron chi connectivity index (χ1n) is 10.9. The topological polar surface area (TPSA) is 56.8 Å². The van der Waals surface area contributed by atoms with Gasteiger partial charge >= 0.3 is 5.97 Å². The molecule has 0 aliphatic carbocycles. The number of carbonyl (C=O) groups excluding carboxylic acids is 1. The number of piperidine rings is 1. The van der Waals surface area contributed by atoms with Gasteiger partial charge in [0, 0.05) is 16.2 Å². The zero-order chi connectivity index (χ0) is 23.6. The first-order valence-corrected chi connectivity index (χ1v) is 12.0. The van der Waals surface area contributed by atoms with E-state index in [0.717, 1.165) is 36.9 Å². The minimum absolute atomic E-state index is 0.281. The van der Waals surface area contributed by atoms with E-state index in [-0.39, 0.29) is 5.82 Å². The Morgan fingerprint density at radius 3 is 2.21 bits per heavy atom. The Labute approximate surface area is 206 Å². The van der Waals surface area contributed by atoms with Crippen LogP contribution in [0.25, 0.3) is 10.8 Å². The van der Waals surface area contributed by atoms with Gasteiger partial charge in [0.05, 0.1) is 17.8 Å². The number of ether oxygens (including phenoxy) is 3. The molecule has 1 fully saturated rings. The molecule has 1 heterocycles. The van der Waals surface area contributed by atoms with Gasteiger partial charge in [-0.2, -0.15) is 0 Å². The Morgan fingerprint density at radius 2 is 1.61 bits per heavy atom. The maximum Gasteiger partial charge on any atom is 0.342 e. The molecule has 0 saturated carbocycles. The van der Waals surface area contributed by atoms with Crippen molar-refractivity contribution in [1.29, 1.82) is 0 Å². The number of esters is 1. The summed E-state index contributed by atoms with van der Waals surface area (Å²) in [6, 6.07) is 14.1. The summed E-state index contributed by atoms with van der Waals surface area (Å²) in [5.74, 6) is 0.367. The van der Waals surface area contributed by atoms with Crippen molar-refractivity contribution in [2.24, 2.45) is 0 Å². The maximum atomic E-state index is 13.6. The number of halogens is 2. The van der Waals surface area contributed by atoms with Crippen LogP contribution in [0.1, 0.15) is 35.7 Å². The molecular weight excluding hydrogens is 536 g/mol. The van der Waals surface area contributed by atoms with Gasteiger partial charge in [0.2, 0.25) is 0 Å². The second kappa shape index (κ2) is 9.85. The average molecular weight is 563 g/mol. The summed E-state index contributed by atoms with van der Waals surface area (Å²) in [6.07, 6.45) is 1.14. The molecule has 1 N–H and O–H groups in total. The van der Waals surface area contributed by atoms with Crippen LogP contribution in [0.4, 0.5) is 4.39 Å². The highest BCUT2D eigenvalue weighted by Crippen LogP contribution is 2.43. The summed E-state index contributed by atoms with van der Waals surface area (Å²) >= 11 is 2.14. The number of rotatable bonds is 6. The summed E-state index contributed by atoms with van der Waals surface area (Å²) < 4.78 is 31.8. The second-order valence-electron chi connectivity index (χ2n) is 8.26. The van der Waals surface area contributed by atoms with E-state index in [4.69, 9.17) is 14.2 Å². The van der Waals surface area contributed by atoms with Crippen LogP contribution in [-0.2, 0) is 10.2 Å². The number of carbonyl (C=O) groups is 1. The summed E-state index contributed by atoms with van der Waals surface area (Å²) in [5.41, 5.74) is 0.956. The van der Waals surface area contributed by atoms with Crippen molar-refractivity contribution in [3.63, 3.8) is 0 Å². The monoisotopic (exact) mass is 563 g/mol. The lowest BCUT2D eigenvalue weighted by molar-refractivity contribution is 0.00443. The van der Waals surface area contributed by atoms with E-state index in [1.54, 1.807) is 26.4 Å². The number of fused-ring (bicyclic) bond motifs is 1. The summed E-state index contributed by atoms with van der Waals surface area (Å²) in [4.78, 5) is 13.6. The van der Waals surface area contributed by atoms with Crippen molar-refractivity contribution in [3.8, 4) is 11.5 Å². The third-order valence-electron chi connectivity index (χ3n) is 6.66. The molecule has 3 aromatic rings. The van der Waals surface area contributed by atoms with Gasteiger partial charge in [0.25, 0.3) is 0 Å². The predicted octanol–water partition coefficient (Wildman–Crippen LogP) is 5.47. The highest BCUT2D eigenvalue weighted by molar-refractivity contribution is 14.1. The van der Waals surface area contributed by atoms with Crippen LogP contribution >= 0.6 is 22.6 Å². The quantitative estimate of drug-likeness (QED) is 0.319.